The summed E-state index contributed by atoms with van der Waals surface area (Å²) >= 11 is 0. The molecule has 0 atom stereocenters. The number of benzene rings is 2. The summed E-state index contributed by atoms with van der Waals surface area (Å²) in [6.07, 6.45) is 1.04. The Bertz CT molecular complexity index is 817. The molecule has 3 rings (SSSR count). The van der Waals surface area contributed by atoms with Gasteiger partial charge in [-0.05, 0) is 54.8 Å². The third kappa shape index (κ3) is 4.79. The maximum Gasteiger partial charge on any atom is 0.235 e. The van der Waals surface area contributed by atoms with E-state index in [1.807, 2.05) is 0 Å². The van der Waals surface area contributed by atoms with Gasteiger partial charge in [0.2, 0.25) is 11.8 Å². The lowest BCUT2D eigenvalue weighted by Gasteiger charge is -2.16. The van der Waals surface area contributed by atoms with E-state index in [0.717, 1.165) is 11.3 Å². The maximum absolute atomic E-state index is 12.9. The number of carbonyl (C=O) groups is 2. The van der Waals surface area contributed by atoms with Crippen molar-refractivity contribution >= 4 is 11.8 Å². The zero-order valence-electron chi connectivity index (χ0n) is 15.7. The second-order valence-electron chi connectivity index (χ2n) is 6.67. The number of carbonyl (C=O) groups excluding carboxylic acids is 2. The van der Waals surface area contributed by atoms with E-state index >= 15 is 0 Å². The minimum Gasteiger partial charge on any atom is -0.497 e. The van der Waals surface area contributed by atoms with E-state index in [9.17, 15) is 14.0 Å². The van der Waals surface area contributed by atoms with Gasteiger partial charge in [0.15, 0.2) is 0 Å². The molecule has 0 heterocycles. The van der Waals surface area contributed by atoms with Crippen molar-refractivity contribution in [3.63, 3.8) is 0 Å². The van der Waals surface area contributed by atoms with Crippen molar-refractivity contribution in [3.05, 3.63) is 59.9 Å². The fraction of sp³-hybridized carbons (Fsp3) is 0.333. The van der Waals surface area contributed by atoms with Gasteiger partial charge in [-0.15, -0.1) is 0 Å². The molecule has 0 aliphatic heterocycles. The Balaban J connectivity index is 1.41. The highest BCUT2D eigenvalue weighted by atomic mass is 19.1. The normalized spacial score (nSPS) is 14.1. The molecule has 1 saturated carbocycles. The van der Waals surface area contributed by atoms with Crippen LogP contribution in [0, 0.1) is 11.2 Å². The van der Waals surface area contributed by atoms with Crippen LogP contribution in [-0.4, -0.2) is 32.1 Å². The smallest absolute Gasteiger partial charge is 0.235 e. The Morgan fingerprint density at radius 2 is 1.57 bits per heavy atom. The quantitative estimate of drug-likeness (QED) is 0.513. The average Bonchev–Trinajstić information content (AvgIpc) is 3.53. The predicted molar refractivity (Wildman–Crippen MR) is 101 cm³/mol. The number of halogens is 1. The van der Waals surface area contributed by atoms with Crippen molar-refractivity contribution in [2.45, 2.75) is 19.4 Å². The highest BCUT2D eigenvalue weighted by Gasteiger charge is 2.56. The van der Waals surface area contributed by atoms with E-state index in [0.29, 0.717) is 31.7 Å². The summed E-state index contributed by atoms with van der Waals surface area (Å²) < 4.78 is 23.6. The first-order valence-electron chi connectivity index (χ1n) is 9.11. The van der Waals surface area contributed by atoms with E-state index in [2.05, 4.69) is 10.6 Å². The fourth-order valence-electron chi connectivity index (χ4n) is 2.81. The van der Waals surface area contributed by atoms with Gasteiger partial charge in [-0.1, -0.05) is 12.1 Å². The van der Waals surface area contributed by atoms with Gasteiger partial charge in [0.05, 0.1) is 13.7 Å². The van der Waals surface area contributed by atoms with E-state index in [1.54, 1.807) is 43.5 Å². The number of methoxy groups -OCH3 is 1. The molecule has 6 nitrogen and oxygen atoms in total. The van der Waals surface area contributed by atoms with Crippen molar-refractivity contribution in [2.24, 2.45) is 5.41 Å². The zero-order valence-corrected chi connectivity index (χ0v) is 15.7. The van der Waals surface area contributed by atoms with Crippen LogP contribution >= 0.6 is 0 Å². The Morgan fingerprint density at radius 3 is 2.18 bits per heavy atom. The second kappa shape index (κ2) is 8.73. The SMILES string of the molecule is COc1ccc(OCCNC(=O)C2(C(=O)NCc3ccc(F)cc3)CC2)cc1. The molecule has 148 valence electrons. The molecule has 0 saturated heterocycles. The Labute approximate surface area is 163 Å². The molecule has 0 bridgehead atoms. The minimum absolute atomic E-state index is 0.259. The topological polar surface area (TPSA) is 76.7 Å². The second-order valence-corrected chi connectivity index (χ2v) is 6.67. The van der Waals surface area contributed by atoms with Crippen LogP contribution in [0.1, 0.15) is 18.4 Å². The molecule has 0 radical (unpaired) electrons. The van der Waals surface area contributed by atoms with Gasteiger partial charge in [0.1, 0.15) is 29.3 Å². The monoisotopic (exact) mass is 386 g/mol. The molecule has 0 aromatic heterocycles. The van der Waals surface area contributed by atoms with Gasteiger partial charge >= 0.3 is 0 Å². The summed E-state index contributed by atoms with van der Waals surface area (Å²) in [6, 6.07) is 13.0. The van der Waals surface area contributed by atoms with Crippen LogP contribution in [-0.2, 0) is 16.1 Å². The highest BCUT2D eigenvalue weighted by molar-refractivity contribution is 6.07. The molecule has 0 unspecified atom stereocenters. The number of hydrogen-bond acceptors (Lipinski definition) is 4. The number of ether oxygens (including phenoxy) is 2. The molecular formula is C21H23FN2O4. The summed E-state index contributed by atoms with van der Waals surface area (Å²) in [5.41, 5.74) is -0.223. The molecule has 2 aromatic carbocycles. The first kappa shape index (κ1) is 19.7. The van der Waals surface area contributed by atoms with Crippen LogP contribution in [0.4, 0.5) is 4.39 Å². The lowest BCUT2D eigenvalue weighted by molar-refractivity contribution is -0.137. The van der Waals surface area contributed by atoms with E-state index < -0.39 is 5.41 Å². The molecule has 0 spiro atoms. The molecule has 28 heavy (non-hydrogen) atoms. The van der Waals surface area contributed by atoms with Gasteiger partial charge in [0, 0.05) is 6.54 Å². The summed E-state index contributed by atoms with van der Waals surface area (Å²) in [7, 11) is 1.59. The summed E-state index contributed by atoms with van der Waals surface area (Å²) in [4.78, 5) is 24.9. The molecule has 2 aromatic rings. The van der Waals surface area contributed by atoms with Crippen LogP contribution in [0.15, 0.2) is 48.5 Å². The fourth-order valence-corrected chi connectivity index (χ4v) is 2.81. The van der Waals surface area contributed by atoms with Gasteiger partial charge in [0.25, 0.3) is 0 Å². The van der Waals surface area contributed by atoms with Crippen LogP contribution in [0.2, 0.25) is 0 Å². The highest BCUT2D eigenvalue weighted by Crippen LogP contribution is 2.46. The third-order valence-corrected chi connectivity index (χ3v) is 4.70. The first-order chi connectivity index (χ1) is 13.5. The summed E-state index contributed by atoms with van der Waals surface area (Å²) in [5.74, 6) is 0.494. The van der Waals surface area contributed by atoms with Crippen molar-refractivity contribution in [3.8, 4) is 11.5 Å². The largest absolute Gasteiger partial charge is 0.497 e. The number of amides is 2. The van der Waals surface area contributed by atoms with Gasteiger partial charge in [-0.2, -0.15) is 0 Å². The maximum atomic E-state index is 12.9. The standard InChI is InChI=1S/C21H23FN2O4/c1-27-17-6-8-18(9-7-17)28-13-12-23-19(25)21(10-11-21)20(26)24-14-15-2-4-16(22)5-3-15/h2-9H,10-14H2,1H3,(H,23,25)(H,24,26). The van der Waals surface area contributed by atoms with Crippen LogP contribution < -0.4 is 20.1 Å². The molecular weight excluding hydrogens is 363 g/mol. The summed E-state index contributed by atoms with van der Waals surface area (Å²) in [5, 5.41) is 5.53. The van der Waals surface area contributed by atoms with E-state index in [-0.39, 0.29) is 24.2 Å². The van der Waals surface area contributed by atoms with Crippen molar-refractivity contribution in [1.29, 1.82) is 0 Å². The molecule has 1 fully saturated rings. The van der Waals surface area contributed by atoms with Gasteiger partial charge in [-0.3, -0.25) is 9.59 Å². The Kier molecular flexibility index (Phi) is 6.13. The Morgan fingerprint density at radius 1 is 0.964 bits per heavy atom. The lowest BCUT2D eigenvalue weighted by atomic mass is 10.1. The minimum atomic E-state index is -1.000. The van der Waals surface area contributed by atoms with Crippen molar-refractivity contribution in [2.75, 3.05) is 20.3 Å². The van der Waals surface area contributed by atoms with E-state index in [4.69, 9.17) is 9.47 Å². The lowest BCUT2D eigenvalue weighted by Crippen LogP contribution is -2.43. The molecule has 2 N–H and O–H groups in total. The van der Waals surface area contributed by atoms with Crippen LogP contribution in [0.5, 0.6) is 11.5 Å². The average molecular weight is 386 g/mol. The van der Waals surface area contributed by atoms with Gasteiger partial charge in [-0.25, -0.2) is 4.39 Å². The third-order valence-electron chi connectivity index (χ3n) is 4.70. The molecule has 1 aliphatic carbocycles. The van der Waals surface area contributed by atoms with Gasteiger partial charge < -0.3 is 20.1 Å². The molecule has 1 aliphatic rings. The number of rotatable bonds is 9. The molecule has 7 heteroatoms. The van der Waals surface area contributed by atoms with Crippen LogP contribution in [0.3, 0.4) is 0 Å². The van der Waals surface area contributed by atoms with E-state index in [1.165, 1.54) is 12.1 Å². The number of hydrogen-bond donors (Lipinski definition) is 2. The predicted octanol–water partition coefficient (Wildman–Crippen LogP) is 2.43. The molecule has 2 amide bonds. The van der Waals surface area contributed by atoms with Crippen molar-refractivity contribution < 1.29 is 23.5 Å². The van der Waals surface area contributed by atoms with Crippen molar-refractivity contribution in [1.82, 2.24) is 10.6 Å². The first-order valence-corrected chi connectivity index (χ1v) is 9.11. The van der Waals surface area contributed by atoms with Crippen LogP contribution in [0.25, 0.3) is 0 Å². The summed E-state index contributed by atoms with van der Waals surface area (Å²) in [6.45, 7) is 0.859. The Hall–Kier alpha value is -3.09. The zero-order chi connectivity index (χ0) is 20.0. The number of nitrogens with one attached hydrogen (secondary N) is 2.